The van der Waals surface area contributed by atoms with Crippen molar-refractivity contribution >= 4 is 33.6 Å². The highest BCUT2D eigenvalue weighted by molar-refractivity contribution is 9.10. The van der Waals surface area contributed by atoms with Gasteiger partial charge in [0, 0.05) is 30.7 Å². The van der Waals surface area contributed by atoms with Crippen LogP contribution in [0.1, 0.15) is 17.3 Å². The van der Waals surface area contributed by atoms with Gasteiger partial charge in [0.25, 0.3) is 5.91 Å². The van der Waals surface area contributed by atoms with Crippen LogP contribution in [0.25, 0.3) is 11.5 Å². The van der Waals surface area contributed by atoms with Crippen LogP contribution in [0.3, 0.4) is 0 Å². The Balaban J connectivity index is 1.36. The zero-order valence-electron chi connectivity index (χ0n) is 17.7. The van der Waals surface area contributed by atoms with Crippen LogP contribution in [-0.2, 0) is 16.1 Å². The van der Waals surface area contributed by atoms with E-state index in [1.807, 2.05) is 4.90 Å². The molecule has 0 radical (unpaired) electrons. The summed E-state index contributed by atoms with van der Waals surface area (Å²) in [7, 11) is 0. The first-order valence-corrected chi connectivity index (χ1v) is 11.0. The van der Waals surface area contributed by atoms with Gasteiger partial charge in [0.1, 0.15) is 17.3 Å². The number of halogens is 2. The fraction of sp³-hybridized carbons (Fsp3) is 0.350. The van der Waals surface area contributed by atoms with Crippen molar-refractivity contribution in [3.63, 3.8) is 0 Å². The number of carbonyl (C=O) groups excluding carboxylic acids is 2. The zero-order chi connectivity index (χ0) is 23.4. The van der Waals surface area contributed by atoms with E-state index in [0.717, 1.165) is 4.80 Å². The first kappa shape index (κ1) is 22.7. The summed E-state index contributed by atoms with van der Waals surface area (Å²) in [5.41, 5.74) is 0.717. The molecule has 0 bridgehead atoms. The summed E-state index contributed by atoms with van der Waals surface area (Å²) >= 11 is 3.31. The molecule has 13 heteroatoms. The molecule has 11 nitrogen and oxygen atoms in total. The molecule has 2 aromatic heterocycles. The third-order valence-corrected chi connectivity index (χ3v) is 5.64. The number of aromatic nitrogens is 6. The molecule has 4 rings (SSSR count). The molecular weight excluding hydrogens is 499 g/mol. The second kappa shape index (κ2) is 9.98. The number of benzene rings is 1. The first-order chi connectivity index (χ1) is 15.9. The van der Waals surface area contributed by atoms with Crippen LogP contribution < -0.4 is 4.90 Å². The minimum Gasteiger partial charge on any atom is -0.465 e. The maximum absolute atomic E-state index is 13.6. The van der Waals surface area contributed by atoms with Crippen molar-refractivity contribution in [2.75, 3.05) is 37.7 Å². The molecule has 0 N–H and O–H groups in total. The normalized spacial score (nSPS) is 13.8. The van der Waals surface area contributed by atoms with E-state index in [4.69, 9.17) is 4.74 Å². The van der Waals surface area contributed by atoms with Crippen molar-refractivity contribution in [3.8, 4) is 11.5 Å². The summed E-state index contributed by atoms with van der Waals surface area (Å²) in [6.45, 7) is 3.90. The van der Waals surface area contributed by atoms with Gasteiger partial charge in [-0.25, -0.2) is 19.2 Å². The Hall–Kier alpha value is -3.48. The Labute approximate surface area is 196 Å². The summed E-state index contributed by atoms with van der Waals surface area (Å²) in [5.74, 6) is -0.234. The van der Waals surface area contributed by atoms with Gasteiger partial charge in [0.15, 0.2) is 6.54 Å². The maximum atomic E-state index is 13.6. The highest BCUT2D eigenvalue weighted by Crippen LogP contribution is 2.21. The van der Waals surface area contributed by atoms with E-state index in [2.05, 4.69) is 41.3 Å². The molecule has 1 saturated heterocycles. The number of tetrazole rings is 1. The number of piperazine rings is 1. The Morgan fingerprint density at radius 2 is 1.94 bits per heavy atom. The van der Waals surface area contributed by atoms with Crippen molar-refractivity contribution in [2.24, 2.45) is 0 Å². The fourth-order valence-electron chi connectivity index (χ4n) is 3.31. The van der Waals surface area contributed by atoms with E-state index in [9.17, 15) is 14.0 Å². The summed E-state index contributed by atoms with van der Waals surface area (Å²) in [4.78, 5) is 37.9. The minimum absolute atomic E-state index is 0.137. The second-order valence-electron chi connectivity index (χ2n) is 7.11. The van der Waals surface area contributed by atoms with E-state index in [1.54, 1.807) is 18.0 Å². The standard InChI is InChI=1S/C20H20BrFN8O3/c1-2-33-18(31)12-30-26-19(25-27-30)16-10-24-17(11-23-16)28-5-7-29(8-6-28)20(32)14-9-13(22)3-4-15(14)21/h3-4,9-11H,2,5-8,12H2,1H3. The number of hydrogen-bond donors (Lipinski definition) is 0. The van der Waals surface area contributed by atoms with Gasteiger partial charge in [-0.05, 0) is 46.3 Å². The Morgan fingerprint density at radius 1 is 1.15 bits per heavy atom. The van der Waals surface area contributed by atoms with E-state index >= 15 is 0 Å². The number of hydrogen-bond acceptors (Lipinski definition) is 9. The van der Waals surface area contributed by atoms with Gasteiger partial charge in [-0.15, -0.1) is 10.2 Å². The lowest BCUT2D eigenvalue weighted by Crippen LogP contribution is -2.49. The second-order valence-corrected chi connectivity index (χ2v) is 7.97. The quantitative estimate of drug-likeness (QED) is 0.447. The predicted molar refractivity (Wildman–Crippen MR) is 118 cm³/mol. The zero-order valence-corrected chi connectivity index (χ0v) is 19.3. The van der Waals surface area contributed by atoms with Crippen LogP contribution in [0.5, 0.6) is 0 Å². The number of carbonyl (C=O) groups is 2. The van der Waals surface area contributed by atoms with Crippen LogP contribution in [0, 0.1) is 5.82 Å². The molecule has 1 amide bonds. The molecule has 33 heavy (non-hydrogen) atoms. The lowest BCUT2D eigenvalue weighted by atomic mass is 10.1. The van der Waals surface area contributed by atoms with Crippen molar-refractivity contribution in [3.05, 3.63) is 46.4 Å². The molecule has 1 fully saturated rings. The Morgan fingerprint density at radius 3 is 2.64 bits per heavy atom. The number of rotatable bonds is 6. The lowest BCUT2D eigenvalue weighted by Gasteiger charge is -2.35. The molecule has 0 unspecified atom stereocenters. The van der Waals surface area contributed by atoms with Crippen LogP contribution in [0.15, 0.2) is 35.1 Å². The minimum atomic E-state index is -0.453. The Kier molecular flexibility index (Phi) is 6.87. The average Bonchev–Trinajstić information content (AvgIpc) is 3.29. The van der Waals surface area contributed by atoms with Gasteiger partial charge in [-0.3, -0.25) is 4.79 Å². The van der Waals surface area contributed by atoms with Crippen LogP contribution in [0.2, 0.25) is 0 Å². The summed E-state index contributed by atoms with van der Waals surface area (Å²) in [6.07, 6.45) is 3.13. The Bertz CT molecular complexity index is 1150. The molecule has 0 atom stereocenters. The van der Waals surface area contributed by atoms with Gasteiger partial charge in [0.05, 0.1) is 24.6 Å². The highest BCUT2D eigenvalue weighted by Gasteiger charge is 2.25. The lowest BCUT2D eigenvalue weighted by molar-refractivity contribution is -0.144. The molecule has 0 aliphatic carbocycles. The summed E-state index contributed by atoms with van der Waals surface area (Å²) in [6, 6.07) is 4.07. The van der Waals surface area contributed by atoms with E-state index < -0.39 is 11.8 Å². The maximum Gasteiger partial charge on any atom is 0.329 e. The smallest absolute Gasteiger partial charge is 0.329 e. The molecule has 1 aromatic carbocycles. The van der Waals surface area contributed by atoms with Gasteiger partial charge >= 0.3 is 5.97 Å². The predicted octanol–water partition coefficient (Wildman–Crippen LogP) is 1.56. The first-order valence-electron chi connectivity index (χ1n) is 10.2. The van der Waals surface area contributed by atoms with E-state index in [-0.39, 0.29) is 24.9 Å². The molecule has 0 saturated carbocycles. The molecule has 3 aromatic rings. The number of esters is 1. The summed E-state index contributed by atoms with van der Waals surface area (Å²) < 4.78 is 19.0. The number of amides is 1. The van der Waals surface area contributed by atoms with Crippen molar-refractivity contribution in [1.29, 1.82) is 0 Å². The molecular formula is C20H20BrFN8O3. The van der Waals surface area contributed by atoms with Crippen LogP contribution in [0.4, 0.5) is 10.2 Å². The fourth-order valence-corrected chi connectivity index (χ4v) is 3.72. The third-order valence-electron chi connectivity index (χ3n) is 4.95. The molecule has 1 aliphatic rings. The van der Waals surface area contributed by atoms with Crippen molar-refractivity contribution in [1.82, 2.24) is 35.1 Å². The van der Waals surface area contributed by atoms with Crippen LogP contribution >= 0.6 is 15.9 Å². The van der Waals surface area contributed by atoms with Gasteiger partial charge in [-0.1, -0.05) is 0 Å². The monoisotopic (exact) mass is 518 g/mol. The largest absolute Gasteiger partial charge is 0.465 e. The van der Waals surface area contributed by atoms with Gasteiger partial charge in [-0.2, -0.15) is 4.80 Å². The topological polar surface area (TPSA) is 119 Å². The average molecular weight is 519 g/mol. The van der Waals surface area contributed by atoms with Gasteiger partial charge in [0.2, 0.25) is 5.82 Å². The summed E-state index contributed by atoms with van der Waals surface area (Å²) in [5, 5.41) is 11.8. The van der Waals surface area contributed by atoms with Crippen molar-refractivity contribution in [2.45, 2.75) is 13.5 Å². The third kappa shape index (κ3) is 5.30. The number of anilines is 1. The van der Waals surface area contributed by atoms with E-state index in [1.165, 1.54) is 24.4 Å². The highest BCUT2D eigenvalue weighted by atomic mass is 79.9. The molecule has 0 spiro atoms. The van der Waals surface area contributed by atoms with Crippen LogP contribution in [-0.4, -0.2) is 79.7 Å². The number of nitrogens with zero attached hydrogens (tertiary/aromatic N) is 8. The SMILES string of the molecule is CCOC(=O)Cn1nnc(-c2cnc(N3CCN(C(=O)c4cc(F)ccc4Br)CC3)cn2)n1. The molecule has 1 aliphatic heterocycles. The molecule has 172 valence electrons. The van der Waals surface area contributed by atoms with Gasteiger partial charge < -0.3 is 14.5 Å². The molecule has 3 heterocycles. The number of ether oxygens (including phenoxy) is 1. The van der Waals surface area contributed by atoms with Crippen molar-refractivity contribution < 1.29 is 18.7 Å². The van der Waals surface area contributed by atoms with E-state index in [0.29, 0.717) is 47.7 Å².